The Balaban J connectivity index is 1.52. The van der Waals surface area contributed by atoms with Crippen LogP contribution in [0, 0.1) is 0 Å². The minimum Gasteiger partial charge on any atom is -0.462 e. The van der Waals surface area contributed by atoms with Crippen LogP contribution in [0.1, 0.15) is 22.8 Å². The van der Waals surface area contributed by atoms with Gasteiger partial charge in [-0.3, -0.25) is 4.99 Å². The lowest BCUT2D eigenvalue weighted by atomic mass is 10.1. The van der Waals surface area contributed by atoms with Crippen molar-refractivity contribution < 1.29 is 19.0 Å². The Morgan fingerprint density at radius 3 is 2.26 bits per heavy atom. The quantitative estimate of drug-likeness (QED) is 0.167. The third-order valence-corrected chi connectivity index (χ3v) is 6.49. The first kappa shape index (κ1) is 24.2. The molecule has 1 aliphatic rings. The van der Waals surface area contributed by atoms with Gasteiger partial charge in [0, 0.05) is 23.5 Å². The first-order chi connectivity index (χ1) is 19.2. The molecular weight excluding hydrogens is 488 g/mol. The highest BCUT2D eigenvalue weighted by Gasteiger charge is 2.19. The van der Waals surface area contributed by atoms with Gasteiger partial charge < -0.3 is 18.8 Å². The number of carbonyl (C=O) groups excluding carboxylic acids is 1. The number of hydrogen-bond donors (Lipinski definition) is 0. The zero-order valence-corrected chi connectivity index (χ0v) is 21.4. The molecule has 0 fully saturated rings. The van der Waals surface area contributed by atoms with Crippen molar-refractivity contribution in [2.45, 2.75) is 6.92 Å². The van der Waals surface area contributed by atoms with Crippen molar-refractivity contribution in [1.82, 2.24) is 4.57 Å². The molecule has 192 valence electrons. The number of benzene rings is 4. The predicted octanol–water partition coefficient (Wildman–Crippen LogP) is 7.47. The van der Waals surface area contributed by atoms with Gasteiger partial charge in [-0.25, -0.2) is 4.79 Å². The van der Waals surface area contributed by atoms with Gasteiger partial charge in [-0.15, -0.1) is 0 Å². The normalized spacial score (nSPS) is 12.1. The second kappa shape index (κ2) is 10.7. The first-order valence-corrected chi connectivity index (χ1v) is 12.8. The van der Waals surface area contributed by atoms with Crippen LogP contribution in [0.4, 0.5) is 5.69 Å². The van der Waals surface area contributed by atoms with E-state index in [9.17, 15) is 4.79 Å². The highest BCUT2D eigenvalue weighted by atomic mass is 16.7. The van der Waals surface area contributed by atoms with Crippen LogP contribution >= 0.6 is 0 Å². The molecule has 4 aromatic carbocycles. The van der Waals surface area contributed by atoms with Crippen LogP contribution in [0.15, 0.2) is 114 Å². The van der Waals surface area contributed by atoms with Crippen LogP contribution in [-0.4, -0.2) is 30.2 Å². The smallest absolute Gasteiger partial charge is 0.338 e. The lowest BCUT2D eigenvalue weighted by molar-refractivity contribution is 0.0526. The summed E-state index contributed by atoms with van der Waals surface area (Å²) in [5, 5.41) is 0. The van der Waals surface area contributed by atoms with E-state index in [1.165, 1.54) is 0 Å². The monoisotopic (exact) mass is 514 g/mol. The molecule has 0 N–H and O–H groups in total. The molecule has 0 amide bonds. The summed E-state index contributed by atoms with van der Waals surface area (Å²) in [6, 6.07) is 35.8. The fourth-order valence-electron chi connectivity index (χ4n) is 4.68. The first-order valence-electron chi connectivity index (χ1n) is 12.8. The molecule has 5 aromatic rings. The number of esters is 1. The number of carbonyl (C=O) groups is 1. The zero-order chi connectivity index (χ0) is 26.6. The molecule has 6 heteroatoms. The van der Waals surface area contributed by atoms with Crippen molar-refractivity contribution in [3.8, 4) is 39.7 Å². The largest absolute Gasteiger partial charge is 0.462 e. The van der Waals surface area contributed by atoms with Gasteiger partial charge in [0.05, 0.1) is 29.2 Å². The van der Waals surface area contributed by atoms with Gasteiger partial charge in [0.15, 0.2) is 11.5 Å². The Kier molecular flexibility index (Phi) is 6.66. The molecular formula is C33H26N2O4. The Morgan fingerprint density at radius 1 is 0.846 bits per heavy atom. The molecule has 6 nitrogen and oxygen atoms in total. The topological polar surface area (TPSA) is 62.1 Å². The number of hydrogen-bond acceptors (Lipinski definition) is 5. The van der Waals surface area contributed by atoms with E-state index in [2.05, 4.69) is 34.9 Å². The maximum absolute atomic E-state index is 12.3. The Hall–Kier alpha value is -5.10. The Labute approximate surface area is 226 Å². The van der Waals surface area contributed by atoms with E-state index < -0.39 is 0 Å². The van der Waals surface area contributed by atoms with Gasteiger partial charge in [-0.2, -0.15) is 0 Å². The van der Waals surface area contributed by atoms with E-state index in [1.807, 2.05) is 72.9 Å². The Morgan fingerprint density at radius 2 is 1.54 bits per heavy atom. The minimum absolute atomic E-state index is 0.221. The number of aliphatic imine (C=N–C) groups is 1. The van der Waals surface area contributed by atoms with E-state index in [-0.39, 0.29) is 12.8 Å². The molecule has 0 aliphatic carbocycles. The van der Waals surface area contributed by atoms with Crippen molar-refractivity contribution in [3.05, 3.63) is 120 Å². The Bertz CT molecular complexity index is 1640. The molecule has 0 saturated heterocycles. The van der Waals surface area contributed by atoms with Crippen LogP contribution in [0.3, 0.4) is 0 Å². The summed E-state index contributed by atoms with van der Waals surface area (Å²) in [5.74, 6) is 1.08. The molecule has 0 atom stereocenters. The van der Waals surface area contributed by atoms with Gasteiger partial charge in [-0.05, 0) is 60.5 Å². The fraction of sp³-hybridized carbons (Fsp3) is 0.0909. The number of aromatic nitrogens is 1. The van der Waals surface area contributed by atoms with Crippen LogP contribution < -0.4 is 9.47 Å². The fourth-order valence-corrected chi connectivity index (χ4v) is 4.68. The minimum atomic E-state index is -0.334. The maximum Gasteiger partial charge on any atom is 0.338 e. The molecule has 0 bridgehead atoms. The second-order valence-corrected chi connectivity index (χ2v) is 8.96. The standard InChI is InChI=1S/C33H26N2O4/c1-2-37-33(36)25-13-16-28(17-14-25)35-29(23-9-5-3-6-10-23)19-26(32(35)24-11-7-4-8-12-24)21-34-27-15-18-30-31(20-27)39-22-38-30/h3-21H,2,22H2,1H3. The van der Waals surface area contributed by atoms with Crippen molar-refractivity contribution in [1.29, 1.82) is 0 Å². The van der Waals surface area contributed by atoms with Crippen molar-refractivity contribution >= 4 is 17.9 Å². The summed E-state index contributed by atoms with van der Waals surface area (Å²) < 4.78 is 18.4. The molecule has 0 spiro atoms. The summed E-state index contributed by atoms with van der Waals surface area (Å²) >= 11 is 0. The van der Waals surface area contributed by atoms with Crippen LogP contribution in [-0.2, 0) is 4.74 Å². The number of ether oxygens (including phenoxy) is 3. The maximum atomic E-state index is 12.3. The highest BCUT2D eigenvalue weighted by Crippen LogP contribution is 2.37. The number of rotatable bonds is 7. The average Bonchev–Trinajstić information content (AvgIpc) is 3.62. The summed E-state index contributed by atoms with van der Waals surface area (Å²) in [6.45, 7) is 2.36. The van der Waals surface area contributed by atoms with E-state index in [1.54, 1.807) is 19.1 Å². The molecule has 1 aromatic heterocycles. The molecule has 2 heterocycles. The van der Waals surface area contributed by atoms with E-state index >= 15 is 0 Å². The van der Waals surface area contributed by atoms with Crippen molar-refractivity contribution in [2.24, 2.45) is 4.99 Å². The van der Waals surface area contributed by atoms with E-state index in [0.29, 0.717) is 17.9 Å². The molecule has 0 radical (unpaired) electrons. The number of fused-ring (bicyclic) bond motifs is 1. The van der Waals surface area contributed by atoms with Gasteiger partial charge in [0.1, 0.15) is 0 Å². The lowest BCUT2D eigenvalue weighted by Crippen LogP contribution is -2.05. The van der Waals surface area contributed by atoms with Crippen molar-refractivity contribution in [2.75, 3.05) is 13.4 Å². The highest BCUT2D eigenvalue weighted by molar-refractivity contribution is 5.95. The summed E-state index contributed by atoms with van der Waals surface area (Å²) in [7, 11) is 0. The molecule has 1 aliphatic heterocycles. The average molecular weight is 515 g/mol. The van der Waals surface area contributed by atoms with Crippen molar-refractivity contribution in [3.63, 3.8) is 0 Å². The summed E-state index contributed by atoms with van der Waals surface area (Å²) in [4.78, 5) is 17.1. The molecule has 39 heavy (non-hydrogen) atoms. The molecule has 0 saturated carbocycles. The van der Waals surface area contributed by atoms with Crippen LogP contribution in [0.2, 0.25) is 0 Å². The van der Waals surface area contributed by atoms with E-state index in [0.717, 1.165) is 45.2 Å². The summed E-state index contributed by atoms with van der Waals surface area (Å²) in [5.41, 5.74) is 7.25. The van der Waals surface area contributed by atoms with Crippen LogP contribution in [0.25, 0.3) is 28.2 Å². The second-order valence-electron chi connectivity index (χ2n) is 8.96. The third kappa shape index (κ3) is 4.92. The van der Waals surface area contributed by atoms with Gasteiger partial charge in [0.25, 0.3) is 0 Å². The zero-order valence-electron chi connectivity index (χ0n) is 21.4. The SMILES string of the molecule is CCOC(=O)c1ccc(-n2c(-c3ccccc3)cc(C=Nc3ccc4c(c3)OCO4)c2-c2ccccc2)cc1. The van der Waals surface area contributed by atoms with E-state index in [4.69, 9.17) is 19.2 Å². The van der Waals surface area contributed by atoms with Gasteiger partial charge >= 0.3 is 5.97 Å². The predicted molar refractivity (Wildman–Crippen MR) is 152 cm³/mol. The summed E-state index contributed by atoms with van der Waals surface area (Å²) in [6.07, 6.45) is 1.88. The van der Waals surface area contributed by atoms with Gasteiger partial charge in [0.2, 0.25) is 6.79 Å². The molecule has 0 unspecified atom stereocenters. The third-order valence-electron chi connectivity index (χ3n) is 6.49. The molecule has 6 rings (SSSR count). The lowest BCUT2D eigenvalue weighted by Gasteiger charge is -2.15. The number of nitrogens with zero attached hydrogens (tertiary/aromatic N) is 2. The van der Waals surface area contributed by atoms with Gasteiger partial charge in [-0.1, -0.05) is 60.7 Å². The van der Waals surface area contributed by atoms with Crippen LogP contribution in [0.5, 0.6) is 11.5 Å².